The van der Waals surface area contributed by atoms with Gasteiger partial charge in [-0.1, -0.05) is 66.7 Å². The summed E-state index contributed by atoms with van der Waals surface area (Å²) in [5, 5.41) is 3.38. The van der Waals surface area contributed by atoms with Gasteiger partial charge in [-0.15, -0.1) is 0 Å². The van der Waals surface area contributed by atoms with Gasteiger partial charge in [0.25, 0.3) is 0 Å². The second kappa shape index (κ2) is 9.02. The van der Waals surface area contributed by atoms with Crippen LogP contribution < -0.4 is 20.5 Å². The van der Waals surface area contributed by atoms with Crippen LogP contribution in [-0.2, 0) is 19.8 Å². The van der Waals surface area contributed by atoms with E-state index in [1.165, 1.54) is 0 Å². The molecule has 0 spiro atoms. The van der Waals surface area contributed by atoms with Crippen molar-refractivity contribution in [2.24, 2.45) is 0 Å². The van der Waals surface area contributed by atoms with Crippen molar-refractivity contribution >= 4 is 16.7 Å². The fourth-order valence-electron chi connectivity index (χ4n) is 4.43. The molecule has 2 aromatic heterocycles. The van der Waals surface area contributed by atoms with E-state index in [9.17, 15) is 4.79 Å². The van der Waals surface area contributed by atoms with Crippen LogP contribution in [0.3, 0.4) is 0 Å². The maximum absolute atomic E-state index is 13.5. The highest BCUT2D eigenvalue weighted by Crippen LogP contribution is 2.31. The van der Waals surface area contributed by atoms with E-state index >= 15 is 0 Å². The molecule has 7 heteroatoms. The van der Waals surface area contributed by atoms with Gasteiger partial charge in [0.1, 0.15) is 18.9 Å². The van der Waals surface area contributed by atoms with Crippen LogP contribution in [0.4, 0.5) is 5.69 Å². The molecule has 6 rings (SSSR count). The van der Waals surface area contributed by atoms with Crippen LogP contribution >= 0.6 is 0 Å². The first-order chi connectivity index (χ1) is 17.3. The molecule has 174 valence electrons. The van der Waals surface area contributed by atoms with Crippen molar-refractivity contribution < 1.29 is 9.47 Å². The lowest BCUT2D eigenvalue weighted by atomic mass is 10.2. The van der Waals surface area contributed by atoms with Crippen molar-refractivity contribution in [3.63, 3.8) is 0 Å². The van der Waals surface area contributed by atoms with Gasteiger partial charge in [0.05, 0.1) is 16.7 Å². The summed E-state index contributed by atoms with van der Waals surface area (Å²) in [5.41, 5.74) is 5.18. The summed E-state index contributed by atoms with van der Waals surface area (Å²) in [5.74, 6) is 0.780. The van der Waals surface area contributed by atoms with Crippen molar-refractivity contribution in [3.8, 4) is 17.4 Å². The molecule has 1 aliphatic heterocycles. The number of imidazole rings is 1. The Morgan fingerprint density at radius 1 is 0.800 bits per heavy atom. The first-order valence-electron chi connectivity index (χ1n) is 11.6. The molecule has 0 atom stereocenters. The molecule has 35 heavy (non-hydrogen) atoms. The van der Waals surface area contributed by atoms with Crippen LogP contribution in [0.2, 0.25) is 0 Å². The molecule has 7 nitrogen and oxygen atoms in total. The van der Waals surface area contributed by atoms with Gasteiger partial charge in [0.2, 0.25) is 11.8 Å². The maximum Gasteiger partial charge on any atom is 0.334 e. The Balaban J connectivity index is 1.42. The number of hydrogen-bond donors (Lipinski definition) is 1. The standard InChI is InChI=1S/C28H24N4O3/c33-28-31-17-16-29-22-12-7-13-23(26(22)31)32(28)24-14-15-25(34-18-20-8-3-1-4-9-20)30-27(24)35-19-21-10-5-2-6-11-21/h1-15,29H,16-19H2. The number of hydrogen-bond acceptors (Lipinski definition) is 5. The van der Waals surface area contributed by atoms with Gasteiger partial charge in [0, 0.05) is 19.2 Å². The lowest BCUT2D eigenvalue weighted by Gasteiger charge is -2.15. The fraction of sp³-hybridized carbons (Fsp3) is 0.143. The highest BCUT2D eigenvalue weighted by Gasteiger charge is 2.23. The van der Waals surface area contributed by atoms with Gasteiger partial charge in [-0.3, -0.25) is 9.13 Å². The predicted octanol–water partition coefficient (Wildman–Crippen LogP) is 4.77. The van der Waals surface area contributed by atoms with Crippen LogP contribution in [-0.4, -0.2) is 20.7 Å². The highest BCUT2D eigenvalue weighted by molar-refractivity contribution is 5.91. The van der Waals surface area contributed by atoms with Crippen LogP contribution in [0.1, 0.15) is 11.1 Å². The minimum absolute atomic E-state index is 0.113. The predicted molar refractivity (Wildman–Crippen MR) is 135 cm³/mol. The molecule has 0 bridgehead atoms. The van der Waals surface area contributed by atoms with Gasteiger partial charge < -0.3 is 14.8 Å². The Bertz CT molecular complexity index is 1540. The Morgan fingerprint density at radius 2 is 1.51 bits per heavy atom. The van der Waals surface area contributed by atoms with Crippen LogP contribution in [0.25, 0.3) is 16.7 Å². The normalized spacial score (nSPS) is 12.3. The smallest absolute Gasteiger partial charge is 0.334 e. The Morgan fingerprint density at radius 3 is 2.26 bits per heavy atom. The number of benzene rings is 3. The Hall–Kier alpha value is -4.52. The summed E-state index contributed by atoms with van der Waals surface area (Å²) in [6, 6.07) is 29.3. The molecule has 0 saturated carbocycles. The molecule has 1 aliphatic rings. The average molecular weight is 465 g/mol. The average Bonchev–Trinajstić information content (AvgIpc) is 3.20. The Kier molecular flexibility index (Phi) is 5.42. The van der Waals surface area contributed by atoms with Crippen molar-refractivity contribution in [2.45, 2.75) is 19.8 Å². The van der Waals surface area contributed by atoms with E-state index < -0.39 is 0 Å². The van der Waals surface area contributed by atoms with Crippen LogP contribution in [0, 0.1) is 0 Å². The van der Waals surface area contributed by atoms with Crippen molar-refractivity contribution in [3.05, 3.63) is 113 Å². The van der Waals surface area contributed by atoms with Crippen LogP contribution in [0.5, 0.6) is 11.8 Å². The SMILES string of the molecule is O=c1n2c3c(cccc3n1-c1ccc(OCc3ccccc3)nc1OCc1ccccc1)NCC2. The number of anilines is 1. The van der Waals surface area contributed by atoms with E-state index in [-0.39, 0.29) is 5.69 Å². The molecule has 3 heterocycles. The molecule has 0 fully saturated rings. The third kappa shape index (κ3) is 4.01. The third-order valence-corrected chi connectivity index (χ3v) is 6.10. The van der Waals surface area contributed by atoms with Crippen LogP contribution in [0.15, 0.2) is 95.8 Å². The van der Waals surface area contributed by atoms with E-state index in [1.807, 2.05) is 89.5 Å². The van der Waals surface area contributed by atoms with Crippen molar-refractivity contribution in [2.75, 3.05) is 11.9 Å². The maximum atomic E-state index is 13.5. The highest BCUT2D eigenvalue weighted by atomic mass is 16.5. The van der Waals surface area contributed by atoms with Gasteiger partial charge in [-0.05, 0) is 29.3 Å². The van der Waals surface area contributed by atoms with E-state index in [2.05, 4.69) is 10.3 Å². The molecule has 5 aromatic rings. The topological polar surface area (TPSA) is 70.3 Å². The zero-order chi connectivity index (χ0) is 23.6. The number of aromatic nitrogens is 3. The minimum Gasteiger partial charge on any atom is -0.473 e. The first-order valence-corrected chi connectivity index (χ1v) is 11.6. The van der Waals surface area contributed by atoms with Gasteiger partial charge >= 0.3 is 5.69 Å². The number of pyridine rings is 1. The molecular weight excluding hydrogens is 440 g/mol. The summed E-state index contributed by atoms with van der Waals surface area (Å²) < 4.78 is 15.6. The third-order valence-electron chi connectivity index (χ3n) is 6.10. The summed E-state index contributed by atoms with van der Waals surface area (Å²) in [6.07, 6.45) is 0. The zero-order valence-corrected chi connectivity index (χ0v) is 19.1. The van der Waals surface area contributed by atoms with Gasteiger partial charge in [0.15, 0.2) is 0 Å². The molecule has 1 N–H and O–H groups in total. The monoisotopic (exact) mass is 464 g/mol. The molecule has 3 aromatic carbocycles. The van der Waals surface area contributed by atoms with E-state index in [4.69, 9.17) is 9.47 Å². The summed E-state index contributed by atoms with van der Waals surface area (Å²) in [4.78, 5) is 18.2. The van der Waals surface area contributed by atoms with E-state index in [0.717, 1.165) is 27.8 Å². The number of nitrogens with one attached hydrogen (secondary N) is 1. The number of ether oxygens (including phenoxy) is 2. The lowest BCUT2D eigenvalue weighted by Crippen LogP contribution is -2.28. The van der Waals surface area contributed by atoms with Gasteiger partial charge in [-0.2, -0.15) is 4.98 Å². The number of nitrogens with zero attached hydrogens (tertiary/aromatic N) is 3. The second-order valence-electron chi connectivity index (χ2n) is 8.39. The van der Waals surface area contributed by atoms with E-state index in [0.29, 0.717) is 43.8 Å². The summed E-state index contributed by atoms with van der Waals surface area (Å²) in [6.45, 7) is 2.02. The largest absolute Gasteiger partial charge is 0.473 e. The molecule has 0 radical (unpaired) electrons. The molecule has 0 amide bonds. The quantitative estimate of drug-likeness (QED) is 0.376. The van der Waals surface area contributed by atoms with Gasteiger partial charge in [-0.25, -0.2) is 4.79 Å². The second-order valence-corrected chi connectivity index (χ2v) is 8.39. The number of rotatable bonds is 7. The van der Waals surface area contributed by atoms with E-state index in [1.54, 1.807) is 10.6 Å². The molecule has 0 unspecified atom stereocenters. The van der Waals surface area contributed by atoms with Crippen molar-refractivity contribution in [1.82, 2.24) is 14.1 Å². The minimum atomic E-state index is -0.113. The molecule has 0 saturated heterocycles. The lowest BCUT2D eigenvalue weighted by molar-refractivity contribution is 0.267. The first kappa shape index (κ1) is 21.0. The fourth-order valence-corrected chi connectivity index (χ4v) is 4.43. The summed E-state index contributed by atoms with van der Waals surface area (Å²) in [7, 11) is 0. The number of para-hydroxylation sites is 1. The Labute approximate surface area is 202 Å². The molecular formula is C28H24N4O3. The molecule has 0 aliphatic carbocycles. The van der Waals surface area contributed by atoms with Crippen molar-refractivity contribution in [1.29, 1.82) is 0 Å². The summed E-state index contributed by atoms with van der Waals surface area (Å²) >= 11 is 0. The zero-order valence-electron chi connectivity index (χ0n) is 19.1.